The first-order valence-corrected chi connectivity index (χ1v) is 13.6. The smallest absolute Gasteiger partial charge is 0.363 e. The zero-order valence-corrected chi connectivity index (χ0v) is 21.9. The number of methoxy groups -OCH3 is 1. The van der Waals surface area contributed by atoms with E-state index in [1.165, 1.54) is 31.5 Å². The predicted molar refractivity (Wildman–Crippen MR) is 136 cm³/mol. The number of amides is 2. The molecule has 1 unspecified atom stereocenters. The molecule has 13 heteroatoms. The van der Waals surface area contributed by atoms with Crippen molar-refractivity contribution >= 4 is 30.7 Å². The average Bonchev–Trinajstić information content (AvgIpc) is 3.56. The van der Waals surface area contributed by atoms with Crippen molar-refractivity contribution in [2.75, 3.05) is 7.11 Å². The molecule has 0 bridgehead atoms. The molecule has 0 saturated carbocycles. The Kier molecular flexibility index (Phi) is 7.31. The Morgan fingerprint density at radius 3 is 2.50 bits per heavy atom. The highest BCUT2D eigenvalue weighted by molar-refractivity contribution is 7.59. The second kappa shape index (κ2) is 10.9. The van der Waals surface area contributed by atoms with Gasteiger partial charge in [-0.15, -0.1) is 5.06 Å². The molecule has 12 nitrogen and oxygen atoms in total. The fraction of sp³-hybridized carbons (Fsp3) is 0.148. The Labute approximate surface area is 227 Å². The third kappa shape index (κ3) is 5.69. The van der Waals surface area contributed by atoms with E-state index < -0.39 is 25.4 Å². The van der Waals surface area contributed by atoms with Gasteiger partial charge in [0.1, 0.15) is 5.75 Å². The summed E-state index contributed by atoms with van der Waals surface area (Å²) in [5, 5.41) is 0.153. The van der Waals surface area contributed by atoms with E-state index in [1.54, 1.807) is 42.7 Å². The van der Waals surface area contributed by atoms with Gasteiger partial charge in [-0.3, -0.25) is 9.59 Å². The van der Waals surface area contributed by atoms with Gasteiger partial charge in [-0.2, -0.15) is 0 Å². The molecule has 1 fully saturated rings. The fourth-order valence-corrected chi connectivity index (χ4v) is 4.86. The largest absolute Gasteiger partial charge is 0.775 e. The molecule has 1 atom stereocenters. The average molecular weight is 563 g/mol. The van der Waals surface area contributed by atoms with E-state index in [1.807, 2.05) is 10.6 Å². The fourth-order valence-electron chi connectivity index (χ4n) is 4.11. The molecule has 0 spiro atoms. The first-order valence-electron chi connectivity index (χ1n) is 12.0. The lowest BCUT2D eigenvalue weighted by Gasteiger charge is -2.19. The number of pyridine rings is 1. The summed E-state index contributed by atoms with van der Waals surface area (Å²) >= 11 is 0. The van der Waals surface area contributed by atoms with Crippen LogP contribution in [-0.4, -0.2) is 39.8 Å². The normalized spacial score (nSPS) is 14.7. The molecule has 5 rings (SSSR count). The lowest BCUT2D eigenvalue weighted by Crippen LogP contribution is -2.33. The zero-order chi connectivity index (χ0) is 28.4. The number of imide groups is 1. The lowest BCUT2D eigenvalue weighted by molar-refractivity contribution is -0.688. The third-order valence-corrected chi connectivity index (χ3v) is 7.08. The van der Waals surface area contributed by atoms with Gasteiger partial charge in [0.15, 0.2) is 32.3 Å². The molecule has 1 aliphatic heterocycles. The van der Waals surface area contributed by atoms with Gasteiger partial charge >= 0.3 is 5.97 Å². The van der Waals surface area contributed by atoms with Crippen LogP contribution in [0.3, 0.4) is 0 Å². The Morgan fingerprint density at radius 2 is 1.82 bits per heavy atom. The molecule has 204 valence electrons. The highest BCUT2D eigenvalue weighted by atomic mass is 31.2. The highest BCUT2D eigenvalue weighted by Crippen LogP contribution is 2.36. The van der Waals surface area contributed by atoms with E-state index in [4.69, 9.17) is 14.0 Å². The number of hydroxylamine groups is 2. The van der Waals surface area contributed by atoms with Crippen LogP contribution >= 0.6 is 7.60 Å². The Balaban J connectivity index is 1.28. The van der Waals surface area contributed by atoms with Gasteiger partial charge < -0.3 is 28.3 Å². The van der Waals surface area contributed by atoms with Gasteiger partial charge in [-0.1, -0.05) is 12.1 Å². The summed E-state index contributed by atoms with van der Waals surface area (Å²) in [4.78, 5) is 66.4. The number of ether oxygens (including phenoxy) is 1. The van der Waals surface area contributed by atoms with Crippen LogP contribution in [0.1, 0.15) is 28.8 Å². The van der Waals surface area contributed by atoms with Gasteiger partial charge in [0, 0.05) is 41.7 Å². The number of carbonyl (C=O) groups excluding carboxylic acids is 3. The maximum absolute atomic E-state index is 12.5. The SMILES string of the molecule is COc1ccc(-c2cnc(-c3cc[n+](Cc4cccc(C(=O)ON5C(=O)CCC5=O)c4)cc3)o2)cc1P(=O)([O-])O. The van der Waals surface area contributed by atoms with Crippen LogP contribution in [0.5, 0.6) is 5.75 Å². The van der Waals surface area contributed by atoms with Crippen LogP contribution in [0, 0.1) is 0 Å². The molecular formula is C27H22N3O9P. The monoisotopic (exact) mass is 563 g/mol. The highest BCUT2D eigenvalue weighted by Gasteiger charge is 2.33. The lowest BCUT2D eigenvalue weighted by atomic mass is 10.1. The van der Waals surface area contributed by atoms with Crippen molar-refractivity contribution in [2.24, 2.45) is 0 Å². The molecule has 1 saturated heterocycles. The molecule has 0 radical (unpaired) electrons. The number of carbonyl (C=O) groups is 3. The summed E-state index contributed by atoms with van der Waals surface area (Å²) in [6.45, 7) is 0.408. The van der Waals surface area contributed by atoms with Gasteiger partial charge in [0.2, 0.25) is 5.89 Å². The number of oxazole rings is 1. The van der Waals surface area contributed by atoms with Gasteiger partial charge in [-0.05, 0) is 30.3 Å². The van der Waals surface area contributed by atoms with E-state index in [0.29, 0.717) is 34.4 Å². The van der Waals surface area contributed by atoms with E-state index in [0.717, 1.165) is 5.56 Å². The molecular weight excluding hydrogens is 541 g/mol. The first kappa shape index (κ1) is 26.9. The number of rotatable bonds is 8. The number of aromatic nitrogens is 2. The van der Waals surface area contributed by atoms with Crippen molar-refractivity contribution < 1.29 is 47.3 Å². The van der Waals surface area contributed by atoms with Crippen LogP contribution in [0.15, 0.2) is 77.6 Å². The number of hydrogen-bond acceptors (Lipinski definition) is 9. The standard InChI is InChI=1S/C27H22N3O9P/c1-37-21-6-5-19(14-23(21)40(34,35)36)22-15-28-26(38-22)18-9-11-29(12-10-18)16-17-3-2-4-20(13-17)27(33)39-30-24(31)7-8-25(30)32/h2-6,9-15H,7-8,16H2,1H3,(H-,34,35,36). The molecule has 3 heterocycles. The number of benzene rings is 2. The van der Waals surface area contributed by atoms with Crippen molar-refractivity contribution in [2.45, 2.75) is 19.4 Å². The molecule has 2 aromatic heterocycles. The summed E-state index contributed by atoms with van der Waals surface area (Å²) in [6, 6.07) is 14.5. The van der Waals surface area contributed by atoms with Gasteiger partial charge in [0.05, 0.1) is 24.2 Å². The second-order valence-electron chi connectivity index (χ2n) is 8.86. The van der Waals surface area contributed by atoms with Crippen LogP contribution in [0.4, 0.5) is 0 Å². The molecule has 1 aliphatic rings. The van der Waals surface area contributed by atoms with Crippen molar-refractivity contribution in [1.82, 2.24) is 10.0 Å². The van der Waals surface area contributed by atoms with Crippen molar-refractivity contribution in [3.8, 4) is 28.5 Å². The molecule has 40 heavy (non-hydrogen) atoms. The molecule has 2 amide bonds. The van der Waals surface area contributed by atoms with E-state index in [-0.39, 0.29) is 29.5 Å². The summed E-state index contributed by atoms with van der Waals surface area (Å²) < 4.78 is 24.4. The Hall–Kier alpha value is -4.64. The van der Waals surface area contributed by atoms with E-state index >= 15 is 0 Å². The molecule has 1 N–H and O–H groups in total. The van der Waals surface area contributed by atoms with Crippen molar-refractivity contribution in [3.63, 3.8) is 0 Å². The van der Waals surface area contributed by atoms with E-state index in [2.05, 4.69) is 4.98 Å². The minimum Gasteiger partial charge on any atom is -0.775 e. The van der Waals surface area contributed by atoms with Crippen LogP contribution in [0.25, 0.3) is 22.8 Å². The van der Waals surface area contributed by atoms with E-state index in [9.17, 15) is 28.7 Å². The first-order chi connectivity index (χ1) is 19.1. The van der Waals surface area contributed by atoms with Crippen LogP contribution in [-0.2, 0) is 25.5 Å². The summed E-state index contributed by atoms with van der Waals surface area (Å²) in [7, 11) is -3.52. The maximum Gasteiger partial charge on any atom is 0.363 e. The maximum atomic E-state index is 12.5. The quantitative estimate of drug-likeness (QED) is 0.190. The third-order valence-electron chi connectivity index (χ3n) is 6.12. The number of nitrogens with zero attached hydrogens (tertiary/aromatic N) is 3. The minimum absolute atomic E-state index is 0.0103. The Morgan fingerprint density at radius 1 is 1.10 bits per heavy atom. The summed E-state index contributed by atoms with van der Waals surface area (Å²) in [5.74, 6) is -1.29. The second-order valence-corrected chi connectivity index (χ2v) is 10.4. The van der Waals surface area contributed by atoms with Gasteiger partial charge in [-0.25, -0.2) is 14.3 Å². The number of hydrogen-bond donors (Lipinski definition) is 1. The van der Waals surface area contributed by atoms with Crippen LogP contribution < -0.4 is 19.5 Å². The van der Waals surface area contributed by atoms with Crippen LogP contribution in [0.2, 0.25) is 0 Å². The summed E-state index contributed by atoms with van der Waals surface area (Å²) in [5.41, 5.74) is 2.03. The van der Waals surface area contributed by atoms with Crippen molar-refractivity contribution in [3.05, 3.63) is 84.3 Å². The minimum atomic E-state index is -4.82. The zero-order valence-electron chi connectivity index (χ0n) is 21.1. The topological polar surface area (TPSA) is 163 Å². The van der Waals surface area contributed by atoms with Gasteiger partial charge in [0.25, 0.3) is 11.8 Å². The molecule has 4 aromatic rings. The summed E-state index contributed by atoms with van der Waals surface area (Å²) in [6.07, 6.45) is 5.06. The Bertz CT molecular complexity index is 1640. The molecule has 2 aromatic carbocycles. The predicted octanol–water partition coefficient (Wildman–Crippen LogP) is 1.74. The molecule has 0 aliphatic carbocycles. The van der Waals surface area contributed by atoms with Crippen molar-refractivity contribution in [1.29, 1.82) is 0 Å².